The number of carbonyl (C=O) groups excluding carboxylic acids is 2. The van der Waals surface area contributed by atoms with Crippen LogP contribution in [0.4, 0.5) is 14.5 Å². The molecule has 1 atom stereocenters. The fraction of sp³-hybridized carbons (Fsp3) is 0.176. The van der Waals surface area contributed by atoms with Crippen LogP contribution >= 0.6 is 0 Å². The van der Waals surface area contributed by atoms with Gasteiger partial charge in [0, 0.05) is 12.2 Å². The van der Waals surface area contributed by atoms with Gasteiger partial charge >= 0.3 is 0 Å². The molecule has 0 aliphatic carbocycles. The highest BCUT2D eigenvalue weighted by Gasteiger charge is 2.34. The zero-order valence-corrected chi connectivity index (χ0v) is 12.1. The lowest BCUT2D eigenvalue weighted by atomic mass is 10.1. The Morgan fingerprint density at radius 1 is 1.09 bits per heavy atom. The van der Waals surface area contributed by atoms with Crippen molar-refractivity contribution in [3.8, 4) is 0 Å². The van der Waals surface area contributed by atoms with Crippen LogP contribution in [0.15, 0.2) is 48.5 Å². The van der Waals surface area contributed by atoms with E-state index < -0.39 is 17.8 Å². The van der Waals surface area contributed by atoms with Gasteiger partial charge in [0.2, 0.25) is 5.91 Å². The molecule has 1 N–H and O–H groups in total. The Hall–Kier alpha value is -2.76. The minimum Gasteiger partial charge on any atom is -0.340 e. The maximum absolute atomic E-state index is 13.6. The Bertz CT molecular complexity index is 747. The van der Waals surface area contributed by atoms with Gasteiger partial charge in [-0.25, -0.2) is 8.78 Å². The Kier molecular flexibility index (Phi) is 4.06. The van der Waals surface area contributed by atoms with E-state index in [1.807, 2.05) is 0 Å². The monoisotopic (exact) mass is 316 g/mol. The van der Waals surface area contributed by atoms with Gasteiger partial charge in [-0.05, 0) is 42.8 Å². The van der Waals surface area contributed by atoms with Crippen LogP contribution < -0.4 is 10.2 Å². The number of benzene rings is 2. The lowest BCUT2D eigenvalue weighted by Gasteiger charge is -2.17. The molecule has 0 saturated carbocycles. The number of rotatable bonds is 3. The molecule has 6 heteroatoms. The van der Waals surface area contributed by atoms with Crippen molar-refractivity contribution in [2.24, 2.45) is 0 Å². The van der Waals surface area contributed by atoms with Crippen LogP contribution in [-0.4, -0.2) is 24.4 Å². The van der Waals surface area contributed by atoms with Crippen LogP contribution in [0.5, 0.6) is 0 Å². The summed E-state index contributed by atoms with van der Waals surface area (Å²) in [6.07, 6.45) is 0.413. The average molecular weight is 316 g/mol. The fourth-order valence-corrected chi connectivity index (χ4v) is 2.57. The zero-order chi connectivity index (χ0) is 16.4. The van der Waals surface area contributed by atoms with E-state index in [0.717, 1.165) is 0 Å². The van der Waals surface area contributed by atoms with Gasteiger partial charge in [0.15, 0.2) is 0 Å². The summed E-state index contributed by atoms with van der Waals surface area (Å²) < 4.78 is 26.5. The Morgan fingerprint density at radius 2 is 1.78 bits per heavy atom. The highest BCUT2D eigenvalue weighted by Crippen LogP contribution is 2.22. The molecule has 1 heterocycles. The van der Waals surface area contributed by atoms with Crippen LogP contribution in [0.1, 0.15) is 16.8 Å². The predicted octanol–water partition coefficient (Wildman–Crippen LogP) is 2.50. The Balaban J connectivity index is 1.71. The molecule has 118 valence electrons. The molecule has 1 fully saturated rings. The van der Waals surface area contributed by atoms with Crippen LogP contribution in [0, 0.1) is 11.6 Å². The highest BCUT2D eigenvalue weighted by molar-refractivity contribution is 6.03. The van der Waals surface area contributed by atoms with Crippen LogP contribution in [0.3, 0.4) is 0 Å². The van der Waals surface area contributed by atoms with Crippen molar-refractivity contribution in [3.05, 3.63) is 65.7 Å². The van der Waals surface area contributed by atoms with E-state index in [-0.39, 0.29) is 17.3 Å². The maximum atomic E-state index is 13.6. The van der Waals surface area contributed by atoms with E-state index in [9.17, 15) is 18.4 Å². The topological polar surface area (TPSA) is 49.4 Å². The van der Waals surface area contributed by atoms with E-state index >= 15 is 0 Å². The molecule has 2 aromatic rings. The second-order valence-electron chi connectivity index (χ2n) is 5.26. The summed E-state index contributed by atoms with van der Waals surface area (Å²) in [6.45, 7) is 0.409. The summed E-state index contributed by atoms with van der Waals surface area (Å²) in [5, 5.41) is 2.55. The molecule has 0 aromatic heterocycles. The Labute approximate surface area is 131 Å². The van der Waals surface area contributed by atoms with Gasteiger partial charge in [-0.15, -0.1) is 0 Å². The lowest BCUT2D eigenvalue weighted by molar-refractivity contribution is -0.118. The fourth-order valence-electron chi connectivity index (χ4n) is 2.57. The number of halogens is 2. The Morgan fingerprint density at radius 3 is 2.48 bits per heavy atom. The van der Waals surface area contributed by atoms with Crippen molar-refractivity contribution < 1.29 is 18.4 Å². The summed E-state index contributed by atoms with van der Waals surface area (Å²) in [5.41, 5.74) is 0.472. The first kappa shape index (κ1) is 15.1. The standard InChI is InChI=1S/C17H14F2N2O2/c18-11-5-7-12(8-6-11)21-10-9-15(17(21)23)20-16(22)13-3-1-2-4-14(13)19/h1-8,15H,9-10H2,(H,20,22). The average Bonchev–Trinajstić information content (AvgIpc) is 2.89. The van der Waals surface area contributed by atoms with Gasteiger partial charge in [-0.2, -0.15) is 0 Å². The number of nitrogens with one attached hydrogen (secondary N) is 1. The molecule has 1 saturated heterocycles. The smallest absolute Gasteiger partial charge is 0.254 e. The molecule has 0 spiro atoms. The molecular weight excluding hydrogens is 302 g/mol. The summed E-state index contributed by atoms with van der Waals surface area (Å²) in [7, 11) is 0. The number of amides is 2. The predicted molar refractivity (Wildman–Crippen MR) is 81.0 cm³/mol. The number of hydrogen-bond donors (Lipinski definition) is 1. The summed E-state index contributed by atoms with van der Waals surface area (Å²) in [5.74, 6) is -1.93. The first-order chi connectivity index (χ1) is 11.1. The van der Waals surface area contributed by atoms with Crippen LogP contribution in [-0.2, 0) is 4.79 Å². The third-order valence-electron chi connectivity index (χ3n) is 3.77. The highest BCUT2D eigenvalue weighted by atomic mass is 19.1. The van der Waals surface area contributed by atoms with E-state index in [2.05, 4.69) is 5.32 Å². The van der Waals surface area contributed by atoms with Crippen molar-refractivity contribution in [2.75, 3.05) is 11.4 Å². The van der Waals surface area contributed by atoms with E-state index in [0.29, 0.717) is 18.7 Å². The molecule has 1 unspecified atom stereocenters. The first-order valence-electron chi connectivity index (χ1n) is 7.18. The number of carbonyl (C=O) groups is 2. The van der Waals surface area contributed by atoms with E-state index in [1.54, 1.807) is 6.07 Å². The van der Waals surface area contributed by atoms with Gasteiger partial charge in [0.05, 0.1) is 5.56 Å². The molecule has 0 bridgehead atoms. The first-order valence-corrected chi connectivity index (χ1v) is 7.18. The van der Waals surface area contributed by atoms with Crippen molar-refractivity contribution in [1.29, 1.82) is 0 Å². The molecule has 2 amide bonds. The zero-order valence-electron chi connectivity index (χ0n) is 12.1. The molecule has 1 aliphatic heterocycles. The third-order valence-corrected chi connectivity index (χ3v) is 3.77. The van der Waals surface area contributed by atoms with Crippen LogP contribution in [0.2, 0.25) is 0 Å². The minimum absolute atomic E-state index is 0.0967. The largest absolute Gasteiger partial charge is 0.340 e. The van der Waals surface area contributed by atoms with Crippen molar-refractivity contribution in [2.45, 2.75) is 12.5 Å². The number of nitrogens with zero attached hydrogens (tertiary/aromatic N) is 1. The molecule has 2 aromatic carbocycles. The molecule has 0 radical (unpaired) electrons. The van der Waals surface area contributed by atoms with Crippen molar-refractivity contribution >= 4 is 17.5 Å². The minimum atomic E-state index is -0.716. The lowest BCUT2D eigenvalue weighted by Crippen LogP contribution is -2.41. The quantitative estimate of drug-likeness (QED) is 0.946. The normalized spacial score (nSPS) is 17.4. The van der Waals surface area contributed by atoms with Gasteiger partial charge in [-0.1, -0.05) is 12.1 Å². The van der Waals surface area contributed by atoms with Crippen molar-refractivity contribution in [1.82, 2.24) is 5.32 Å². The van der Waals surface area contributed by atoms with E-state index in [4.69, 9.17) is 0 Å². The van der Waals surface area contributed by atoms with Gasteiger partial charge in [0.1, 0.15) is 17.7 Å². The maximum Gasteiger partial charge on any atom is 0.254 e. The number of hydrogen-bond acceptors (Lipinski definition) is 2. The summed E-state index contributed by atoms with van der Waals surface area (Å²) in [4.78, 5) is 25.9. The SMILES string of the molecule is O=C(NC1CCN(c2ccc(F)cc2)C1=O)c1ccccc1F. The van der Waals surface area contributed by atoms with Gasteiger partial charge in [0.25, 0.3) is 5.91 Å². The second kappa shape index (κ2) is 6.16. The molecule has 23 heavy (non-hydrogen) atoms. The summed E-state index contributed by atoms with van der Waals surface area (Å²) >= 11 is 0. The summed E-state index contributed by atoms with van der Waals surface area (Å²) in [6, 6.07) is 10.4. The van der Waals surface area contributed by atoms with Gasteiger partial charge in [-0.3, -0.25) is 9.59 Å². The van der Waals surface area contributed by atoms with E-state index in [1.165, 1.54) is 47.4 Å². The van der Waals surface area contributed by atoms with Gasteiger partial charge < -0.3 is 10.2 Å². The third kappa shape index (κ3) is 3.06. The number of anilines is 1. The molecule has 1 aliphatic rings. The molecular formula is C17H14F2N2O2. The van der Waals surface area contributed by atoms with Crippen LogP contribution in [0.25, 0.3) is 0 Å². The second-order valence-corrected chi connectivity index (χ2v) is 5.26. The van der Waals surface area contributed by atoms with Crippen molar-refractivity contribution in [3.63, 3.8) is 0 Å². The molecule has 3 rings (SSSR count). The molecule has 4 nitrogen and oxygen atoms in total.